The molecule has 1 unspecified atom stereocenters. The van der Waals surface area contributed by atoms with Crippen molar-refractivity contribution < 1.29 is 19.1 Å². The summed E-state index contributed by atoms with van der Waals surface area (Å²) in [6, 6.07) is 18.9. The zero-order chi connectivity index (χ0) is 19.5. The highest BCUT2D eigenvalue weighted by atomic mass is 35.5. The van der Waals surface area contributed by atoms with E-state index in [9.17, 15) is 9.59 Å². The molecule has 3 aromatic rings. The van der Waals surface area contributed by atoms with Gasteiger partial charge in [0, 0.05) is 18.3 Å². The van der Waals surface area contributed by atoms with Crippen LogP contribution in [-0.2, 0) is 4.79 Å². The molecule has 2 aromatic carbocycles. The third kappa shape index (κ3) is 3.66. The van der Waals surface area contributed by atoms with Gasteiger partial charge in [-0.3, -0.25) is 9.78 Å². The van der Waals surface area contributed by atoms with Crippen molar-refractivity contribution in [2.45, 2.75) is 5.38 Å². The smallest absolute Gasteiger partial charge is 0.334 e. The van der Waals surface area contributed by atoms with E-state index in [1.807, 2.05) is 12.1 Å². The molecule has 0 N–H and O–H groups in total. The van der Waals surface area contributed by atoms with Gasteiger partial charge in [0.2, 0.25) is 5.78 Å². The predicted octanol–water partition coefficient (Wildman–Crippen LogP) is 4.58. The van der Waals surface area contributed by atoms with Crippen LogP contribution in [0.3, 0.4) is 0 Å². The van der Waals surface area contributed by atoms with Crippen molar-refractivity contribution >= 4 is 29.4 Å². The van der Waals surface area contributed by atoms with E-state index in [1.165, 1.54) is 12.1 Å². The van der Waals surface area contributed by atoms with Crippen molar-refractivity contribution in [3.05, 3.63) is 95.5 Å². The molecule has 1 atom stereocenters. The van der Waals surface area contributed by atoms with E-state index < -0.39 is 11.3 Å². The van der Waals surface area contributed by atoms with E-state index >= 15 is 0 Å². The monoisotopic (exact) mass is 391 g/mol. The number of hydrogen-bond acceptors (Lipinski definition) is 5. The summed E-state index contributed by atoms with van der Waals surface area (Å²) in [6.45, 7) is 0. The van der Waals surface area contributed by atoms with Gasteiger partial charge >= 0.3 is 5.97 Å². The van der Waals surface area contributed by atoms with Crippen molar-refractivity contribution in [3.8, 4) is 11.5 Å². The molecule has 0 bridgehead atoms. The lowest BCUT2D eigenvalue weighted by atomic mass is 10.1. The number of allylic oxidation sites excluding steroid dienone is 1. The average Bonchev–Trinajstić information content (AvgIpc) is 3.03. The van der Waals surface area contributed by atoms with E-state index in [1.54, 1.807) is 54.7 Å². The molecule has 0 saturated heterocycles. The second-order valence-electron chi connectivity index (χ2n) is 6.05. The van der Waals surface area contributed by atoms with Gasteiger partial charge in [-0.1, -0.05) is 36.4 Å². The number of nitrogens with zero attached hydrogens (tertiary/aromatic N) is 1. The second kappa shape index (κ2) is 7.66. The van der Waals surface area contributed by atoms with Crippen molar-refractivity contribution in [2.24, 2.45) is 0 Å². The third-order valence-electron chi connectivity index (χ3n) is 4.13. The highest BCUT2D eigenvalue weighted by Crippen LogP contribution is 2.35. The maximum atomic E-state index is 12.5. The van der Waals surface area contributed by atoms with Crippen LogP contribution in [0, 0.1) is 0 Å². The minimum Gasteiger partial charge on any atom is -0.452 e. The average molecular weight is 392 g/mol. The number of carbonyl (C=O) groups is 2. The van der Waals surface area contributed by atoms with Crippen LogP contribution >= 0.6 is 11.6 Å². The van der Waals surface area contributed by atoms with Gasteiger partial charge in [0.25, 0.3) is 0 Å². The molecule has 5 nitrogen and oxygen atoms in total. The zero-order valence-electron chi connectivity index (χ0n) is 14.5. The van der Waals surface area contributed by atoms with E-state index in [0.29, 0.717) is 22.6 Å². The predicted molar refractivity (Wildman–Crippen MR) is 104 cm³/mol. The molecule has 6 heteroatoms. The maximum Gasteiger partial charge on any atom is 0.334 e. The van der Waals surface area contributed by atoms with Gasteiger partial charge in [0.15, 0.2) is 11.1 Å². The molecule has 2 heterocycles. The molecule has 0 fully saturated rings. The Bertz CT molecular complexity index is 1060. The molecule has 0 amide bonds. The first-order valence-electron chi connectivity index (χ1n) is 8.52. The molecule has 0 spiro atoms. The number of fused-ring (bicyclic) bond motifs is 1. The van der Waals surface area contributed by atoms with Crippen LogP contribution in [0.5, 0.6) is 11.5 Å². The number of ether oxygens (including phenoxy) is 2. The van der Waals surface area contributed by atoms with Gasteiger partial charge in [-0.2, -0.15) is 0 Å². The number of pyridine rings is 1. The van der Waals surface area contributed by atoms with Gasteiger partial charge in [-0.15, -0.1) is 11.6 Å². The molecule has 28 heavy (non-hydrogen) atoms. The Morgan fingerprint density at radius 1 is 1.07 bits per heavy atom. The summed E-state index contributed by atoms with van der Waals surface area (Å²) >= 11 is 6.18. The summed E-state index contributed by atoms with van der Waals surface area (Å²) in [7, 11) is 0. The summed E-state index contributed by atoms with van der Waals surface area (Å²) in [5.41, 5.74) is 1.65. The van der Waals surface area contributed by atoms with Crippen molar-refractivity contribution in [3.63, 3.8) is 0 Å². The number of hydrogen-bond donors (Lipinski definition) is 0. The Kier molecular flexibility index (Phi) is 4.91. The molecule has 0 radical (unpaired) electrons. The van der Waals surface area contributed by atoms with Gasteiger partial charge in [0.05, 0.1) is 11.3 Å². The van der Waals surface area contributed by atoms with E-state index in [0.717, 1.165) is 0 Å². The number of carbonyl (C=O) groups excluding carboxylic acids is 2. The molecule has 1 aliphatic rings. The Morgan fingerprint density at radius 3 is 2.61 bits per heavy atom. The van der Waals surface area contributed by atoms with Crippen LogP contribution in [0.2, 0.25) is 0 Å². The fourth-order valence-electron chi connectivity index (χ4n) is 2.75. The SMILES string of the molecule is O=C1/C(=C/c2ccccn2)Oc2cc(OC(=O)C(Cl)c3ccccc3)ccc21. The minimum atomic E-state index is -0.934. The van der Waals surface area contributed by atoms with Crippen LogP contribution in [0.25, 0.3) is 6.08 Å². The molecule has 4 rings (SSSR count). The third-order valence-corrected chi connectivity index (χ3v) is 4.56. The first kappa shape index (κ1) is 17.9. The highest BCUT2D eigenvalue weighted by Gasteiger charge is 2.28. The van der Waals surface area contributed by atoms with Gasteiger partial charge in [-0.25, -0.2) is 4.79 Å². The second-order valence-corrected chi connectivity index (χ2v) is 6.48. The van der Waals surface area contributed by atoms with Crippen LogP contribution in [-0.4, -0.2) is 16.7 Å². The van der Waals surface area contributed by atoms with Crippen molar-refractivity contribution in [1.29, 1.82) is 0 Å². The number of Topliss-reactive ketones (excluding diaryl/α,β-unsaturated/α-hetero) is 1. The van der Waals surface area contributed by atoms with Gasteiger partial charge < -0.3 is 9.47 Å². The Hall–Kier alpha value is -3.44. The lowest BCUT2D eigenvalue weighted by Crippen LogP contribution is -2.14. The number of halogens is 1. The highest BCUT2D eigenvalue weighted by molar-refractivity contribution is 6.30. The largest absolute Gasteiger partial charge is 0.452 e. The first-order valence-corrected chi connectivity index (χ1v) is 8.95. The van der Waals surface area contributed by atoms with Crippen molar-refractivity contribution in [2.75, 3.05) is 0 Å². The van der Waals surface area contributed by atoms with Gasteiger partial charge in [0.1, 0.15) is 11.5 Å². The summed E-state index contributed by atoms with van der Waals surface area (Å²) in [6.07, 6.45) is 3.20. The fraction of sp³-hybridized carbons (Fsp3) is 0.0455. The summed E-state index contributed by atoms with van der Waals surface area (Å²) in [5.74, 6) is -0.128. The fourth-order valence-corrected chi connectivity index (χ4v) is 2.94. The van der Waals surface area contributed by atoms with Crippen LogP contribution in [0.15, 0.2) is 78.7 Å². The molecular formula is C22H14ClNO4. The molecule has 1 aliphatic heterocycles. The molecule has 0 saturated carbocycles. The lowest BCUT2D eigenvalue weighted by Gasteiger charge is -2.10. The summed E-state index contributed by atoms with van der Waals surface area (Å²) in [4.78, 5) is 28.9. The Balaban J connectivity index is 1.52. The molecule has 1 aromatic heterocycles. The topological polar surface area (TPSA) is 65.5 Å². The standard InChI is InChI=1S/C22H14ClNO4/c23-20(14-6-2-1-3-7-14)22(26)27-16-9-10-17-18(13-16)28-19(21(17)25)12-15-8-4-5-11-24-15/h1-13,20H/b19-12-. The Morgan fingerprint density at radius 2 is 1.86 bits per heavy atom. The number of alkyl halides is 1. The van der Waals surface area contributed by atoms with Crippen LogP contribution in [0.4, 0.5) is 0 Å². The summed E-state index contributed by atoms with van der Waals surface area (Å²) < 4.78 is 11.0. The number of benzene rings is 2. The van der Waals surface area contributed by atoms with Gasteiger partial charge in [-0.05, 0) is 29.8 Å². The number of esters is 1. The molecule has 138 valence electrons. The van der Waals surface area contributed by atoms with E-state index in [-0.39, 0.29) is 17.3 Å². The summed E-state index contributed by atoms with van der Waals surface area (Å²) in [5, 5.41) is -0.934. The molecule has 0 aliphatic carbocycles. The minimum absolute atomic E-state index is 0.164. The first-order chi connectivity index (χ1) is 13.6. The maximum absolute atomic E-state index is 12.5. The number of aromatic nitrogens is 1. The normalized spacial score (nSPS) is 15.0. The number of ketones is 1. The lowest BCUT2D eigenvalue weighted by molar-refractivity contribution is -0.134. The molecular weight excluding hydrogens is 378 g/mol. The quantitative estimate of drug-likeness (QED) is 0.282. The van der Waals surface area contributed by atoms with Crippen molar-refractivity contribution in [1.82, 2.24) is 4.98 Å². The van der Waals surface area contributed by atoms with Crippen LogP contribution in [0.1, 0.15) is 27.0 Å². The van der Waals surface area contributed by atoms with Crippen LogP contribution < -0.4 is 9.47 Å². The zero-order valence-corrected chi connectivity index (χ0v) is 15.3. The van der Waals surface area contributed by atoms with E-state index in [4.69, 9.17) is 21.1 Å². The van der Waals surface area contributed by atoms with E-state index in [2.05, 4.69) is 4.98 Å². The number of rotatable bonds is 4. The Labute approximate surface area is 166 Å².